The van der Waals surface area contributed by atoms with E-state index in [0.29, 0.717) is 17.0 Å². The molecular weight excluding hydrogens is 504 g/mol. The van der Waals surface area contributed by atoms with Gasteiger partial charge in [0.15, 0.2) is 10.3 Å². The fourth-order valence-electron chi connectivity index (χ4n) is 3.57. The molecule has 0 aliphatic carbocycles. The Morgan fingerprint density at radius 1 is 1.27 bits per heavy atom. The maximum absolute atomic E-state index is 12.2. The number of carbonyl (C=O) groups excluding carboxylic acids is 1. The minimum Gasteiger partial charge on any atom is -0.444 e. The highest BCUT2D eigenvalue weighted by atomic mass is 79.9. The molecule has 0 saturated carbocycles. The van der Waals surface area contributed by atoms with Crippen LogP contribution in [0.1, 0.15) is 40.5 Å². The topological polar surface area (TPSA) is 94.4 Å². The first-order chi connectivity index (χ1) is 15.2. The van der Waals surface area contributed by atoms with Gasteiger partial charge in [-0.25, -0.2) is 19.4 Å². The van der Waals surface area contributed by atoms with Crippen LogP contribution in [-0.4, -0.2) is 64.8 Å². The SMILES string of the molecule is CC1(NC(=O)OC(C)(C)C)CCN(c2cnc3c(Br)nn(COCC[Si](C)(C)C)c3n2)CC1. The van der Waals surface area contributed by atoms with Crippen LogP contribution in [0, 0.1) is 0 Å². The summed E-state index contributed by atoms with van der Waals surface area (Å²) in [6.07, 6.45) is 2.99. The Kier molecular flexibility index (Phi) is 7.74. The van der Waals surface area contributed by atoms with Crippen molar-refractivity contribution in [1.29, 1.82) is 0 Å². The van der Waals surface area contributed by atoms with Gasteiger partial charge in [0.2, 0.25) is 0 Å². The first kappa shape index (κ1) is 25.9. The van der Waals surface area contributed by atoms with Gasteiger partial charge in [-0.2, -0.15) is 5.10 Å². The van der Waals surface area contributed by atoms with Gasteiger partial charge >= 0.3 is 6.09 Å². The van der Waals surface area contributed by atoms with Crippen LogP contribution in [-0.2, 0) is 16.2 Å². The molecule has 0 unspecified atom stereocenters. The Hall–Kier alpha value is -1.72. The third-order valence-corrected chi connectivity index (χ3v) is 7.83. The molecule has 2 aromatic heterocycles. The van der Waals surface area contributed by atoms with Crippen LogP contribution in [0.25, 0.3) is 11.2 Å². The van der Waals surface area contributed by atoms with Crippen LogP contribution in [0.4, 0.5) is 10.6 Å². The van der Waals surface area contributed by atoms with Crippen molar-refractivity contribution in [3.05, 3.63) is 10.8 Å². The smallest absolute Gasteiger partial charge is 0.408 e. The molecule has 1 aliphatic heterocycles. The summed E-state index contributed by atoms with van der Waals surface area (Å²) >= 11 is 3.49. The van der Waals surface area contributed by atoms with Gasteiger partial charge in [-0.1, -0.05) is 19.6 Å². The number of aromatic nitrogens is 4. The van der Waals surface area contributed by atoms with E-state index in [-0.39, 0.29) is 11.6 Å². The maximum atomic E-state index is 12.2. The number of piperidine rings is 1. The molecule has 33 heavy (non-hydrogen) atoms. The fraction of sp³-hybridized carbons (Fsp3) is 0.727. The molecule has 3 heterocycles. The molecule has 2 aromatic rings. The molecule has 1 aliphatic rings. The summed E-state index contributed by atoms with van der Waals surface area (Å²) < 4.78 is 13.7. The first-order valence-corrected chi connectivity index (χ1v) is 16.0. The molecular formula is C22H37BrN6O3Si. The van der Waals surface area contributed by atoms with Gasteiger partial charge in [0.25, 0.3) is 0 Å². The highest BCUT2D eigenvalue weighted by Crippen LogP contribution is 2.28. The van der Waals surface area contributed by atoms with Gasteiger partial charge in [-0.15, -0.1) is 0 Å². The largest absolute Gasteiger partial charge is 0.444 e. The molecule has 0 radical (unpaired) electrons. The number of alkyl carbamates (subject to hydrolysis) is 1. The summed E-state index contributed by atoms with van der Waals surface area (Å²) in [5.74, 6) is 0.803. The standard InChI is InChI=1S/C22H37BrN6O3Si/c1-21(2,3)32-20(30)26-22(4)8-10-28(11-9-22)16-14-24-17-18(23)27-29(19(17)25-16)15-31-12-13-33(5,6)7/h14H,8-13,15H2,1-7H3,(H,26,30). The van der Waals surface area contributed by atoms with Crippen molar-refractivity contribution in [3.8, 4) is 0 Å². The average molecular weight is 542 g/mol. The predicted octanol–water partition coefficient (Wildman–Crippen LogP) is 4.78. The summed E-state index contributed by atoms with van der Waals surface area (Å²) in [5.41, 5.74) is 0.598. The lowest BCUT2D eigenvalue weighted by atomic mass is 9.90. The summed E-state index contributed by atoms with van der Waals surface area (Å²) in [6, 6.07) is 1.11. The first-order valence-electron chi connectivity index (χ1n) is 11.5. The summed E-state index contributed by atoms with van der Waals surface area (Å²) in [5, 5.41) is 7.56. The van der Waals surface area contributed by atoms with Crippen molar-refractivity contribution in [1.82, 2.24) is 25.1 Å². The number of nitrogens with zero attached hydrogens (tertiary/aromatic N) is 5. The number of hydrogen-bond donors (Lipinski definition) is 1. The molecule has 3 rings (SSSR count). The van der Waals surface area contributed by atoms with E-state index in [9.17, 15) is 4.79 Å². The van der Waals surface area contributed by atoms with Crippen molar-refractivity contribution < 1.29 is 14.3 Å². The fourth-order valence-corrected chi connectivity index (χ4v) is 4.80. The van der Waals surface area contributed by atoms with Crippen molar-refractivity contribution in [2.45, 2.75) is 84.1 Å². The highest BCUT2D eigenvalue weighted by Gasteiger charge is 2.33. The molecule has 1 fully saturated rings. The van der Waals surface area contributed by atoms with E-state index in [4.69, 9.17) is 14.5 Å². The number of halogens is 1. The zero-order chi connectivity index (χ0) is 24.4. The normalized spacial score (nSPS) is 16.8. The van der Waals surface area contributed by atoms with Crippen LogP contribution in [0.3, 0.4) is 0 Å². The number of anilines is 1. The van der Waals surface area contributed by atoms with E-state index in [1.54, 1.807) is 10.9 Å². The zero-order valence-corrected chi connectivity index (χ0v) is 23.5. The van der Waals surface area contributed by atoms with Crippen molar-refractivity contribution >= 4 is 47.1 Å². The second-order valence-corrected chi connectivity index (χ2v) is 17.6. The molecule has 0 bridgehead atoms. The van der Waals surface area contributed by atoms with Crippen LogP contribution in [0.5, 0.6) is 0 Å². The maximum Gasteiger partial charge on any atom is 0.408 e. The van der Waals surface area contributed by atoms with Crippen molar-refractivity contribution in [2.75, 3.05) is 24.6 Å². The van der Waals surface area contributed by atoms with E-state index in [0.717, 1.165) is 49.9 Å². The molecule has 0 aromatic carbocycles. The Morgan fingerprint density at radius 2 is 1.94 bits per heavy atom. The lowest BCUT2D eigenvalue weighted by Crippen LogP contribution is -2.54. The lowest BCUT2D eigenvalue weighted by molar-refractivity contribution is 0.0448. The molecule has 1 saturated heterocycles. The van der Waals surface area contributed by atoms with E-state index < -0.39 is 13.7 Å². The van der Waals surface area contributed by atoms with Gasteiger partial charge < -0.3 is 19.7 Å². The van der Waals surface area contributed by atoms with Gasteiger partial charge in [0.1, 0.15) is 23.7 Å². The molecule has 9 nitrogen and oxygen atoms in total. The van der Waals surface area contributed by atoms with Crippen LogP contribution >= 0.6 is 15.9 Å². The predicted molar refractivity (Wildman–Crippen MR) is 136 cm³/mol. The number of carbonyl (C=O) groups is 1. The molecule has 0 atom stereocenters. The molecule has 0 spiro atoms. The Morgan fingerprint density at radius 3 is 2.55 bits per heavy atom. The molecule has 184 valence electrons. The van der Waals surface area contributed by atoms with E-state index in [1.807, 2.05) is 20.8 Å². The van der Waals surface area contributed by atoms with Gasteiger partial charge in [0.05, 0.1) is 6.20 Å². The monoisotopic (exact) mass is 540 g/mol. The lowest BCUT2D eigenvalue weighted by Gasteiger charge is -2.40. The average Bonchev–Trinajstić information content (AvgIpc) is 2.98. The zero-order valence-electron chi connectivity index (χ0n) is 20.9. The summed E-state index contributed by atoms with van der Waals surface area (Å²) in [7, 11) is -1.14. The van der Waals surface area contributed by atoms with Gasteiger partial charge in [-0.05, 0) is 62.5 Å². The minimum atomic E-state index is -1.14. The Balaban J connectivity index is 1.64. The van der Waals surface area contributed by atoms with Gasteiger partial charge in [0, 0.05) is 33.3 Å². The van der Waals surface area contributed by atoms with Gasteiger partial charge in [-0.3, -0.25) is 0 Å². The Labute approximate surface area is 205 Å². The Bertz CT molecular complexity index is 977. The van der Waals surface area contributed by atoms with E-state index in [2.05, 4.69) is 62.8 Å². The number of nitrogens with one attached hydrogen (secondary N) is 1. The third-order valence-electron chi connectivity index (χ3n) is 5.59. The summed E-state index contributed by atoms with van der Waals surface area (Å²) in [4.78, 5) is 23.9. The highest BCUT2D eigenvalue weighted by molar-refractivity contribution is 9.10. The quantitative estimate of drug-likeness (QED) is 0.398. The van der Waals surface area contributed by atoms with E-state index >= 15 is 0 Å². The molecule has 1 amide bonds. The second-order valence-electron chi connectivity index (χ2n) is 11.2. The summed E-state index contributed by atoms with van der Waals surface area (Å²) in [6.45, 7) is 17.3. The van der Waals surface area contributed by atoms with E-state index in [1.165, 1.54) is 0 Å². The van der Waals surface area contributed by atoms with Crippen molar-refractivity contribution in [3.63, 3.8) is 0 Å². The van der Waals surface area contributed by atoms with Crippen LogP contribution in [0.2, 0.25) is 25.7 Å². The number of rotatable bonds is 7. The van der Waals surface area contributed by atoms with Crippen LogP contribution < -0.4 is 10.2 Å². The minimum absolute atomic E-state index is 0.314. The number of fused-ring (bicyclic) bond motifs is 1. The third kappa shape index (κ3) is 7.38. The second kappa shape index (κ2) is 9.87. The number of ether oxygens (including phenoxy) is 2. The van der Waals surface area contributed by atoms with Crippen LogP contribution in [0.15, 0.2) is 10.8 Å². The number of amides is 1. The molecule has 11 heteroatoms. The number of hydrogen-bond acceptors (Lipinski definition) is 7. The van der Waals surface area contributed by atoms with Crippen molar-refractivity contribution in [2.24, 2.45) is 0 Å². The molecule has 1 N–H and O–H groups in total.